The number of aryl methyl sites for hydroxylation is 2. The van der Waals surface area contributed by atoms with Gasteiger partial charge in [-0.25, -0.2) is 0 Å². The Hall–Kier alpha value is -2.99. The summed E-state index contributed by atoms with van der Waals surface area (Å²) in [6.07, 6.45) is -1.28. The van der Waals surface area contributed by atoms with Crippen LogP contribution >= 0.6 is 0 Å². The number of hydrogen-bond acceptors (Lipinski definition) is 3. The lowest BCUT2D eigenvalue weighted by atomic mass is 9.52. The molecule has 36 heavy (non-hydrogen) atoms. The Kier molecular flexibility index (Phi) is 6.27. The number of benzene rings is 2. The summed E-state index contributed by atoms with van der Waals surface area (Å²) < 4.78 is 41.4. The summed E-state index contributed by atoms with van der Waals surface area (Å²) in [7, 11) is 0. The van der Waals surface area contributed by atoms with Gasteiger partial charge in [-0.2, -0.15) is 13.2 Å². The number of Topliss-reactive ketones (excluding diaryl/α,β-unsaturated/α-hetero) is 1. The number of carbonyl (C=O) groups excluding carboxylic acids is 1. The fraction of sp³-hybridized carbons (Fsp3) is 0.400. The molecule has 188 valence electrons. The minimum Gasteiger partial charge on any atom is -0.380 e. The molecule has 0 amide bonds. The van der Waals surface area contributed by atoms with Gasteiger partial charge in [-0.05, 0) is 85.8 Å². The van der Waals surface area contributed by atoms with E-state index in [-0.39, 0.29) is 37.4 Å². The summed E-state index contributed by atoms with van der Waals surface area (Å²) in [4.78, 5) is 17.4. The molecule has 1 heterocycles. The van der Waals surface area contributed by atoms with Crippen molar-refractivity contribution in [2.45, 2.75) is 69.1 Å². The van der Waals surface area contributed by atoms with Crippen LogP contribution in [0.5, 0.6) is 0 Å². The maximum atomic E-state index is 13.8. The third-order valence-corrected chi connectivity index (χ3v) is 8.43. The van der Waals surface area contributed by atoms with Crippen molar-refractivity contribution in [1.29, 1.82) is 0 Å². The zero-order valence-electron chi connectivity index (χ0n) is 20.3. The van der Waals surface area contributed by atoms with Crippen molar-refractivity contribution in [2.75, 3.05) is 0 Å². The number of aliphatic hydroxyl groups is 1. The Bertz CT molecular complexity index is 1270. The number of carbonyl (C=O) groups is 1. The van der Waals surface area contributed by atoms with Crippen LogP contribution < -0.4 is 0 Å². The number of pyridine rings is 1. The van der Waals surface area contributed by atoms with Gasteiger partial charge >= 0.3 is 6.18 Å². The first-order valence-electron chi connectivity index (χ1n) is 12.5. The van der Waals surface area contributed by atoms with Crippen LogP contribution in [0.4, 0.5) is 13.2 Å². The summed E-state index contributed by atoms with van der Waals surface area (Å²) in [5, 5.41) is 10.6. The van der Waals surface area contributed by atoms with E-state index in [0.29, 0.717) is 24.8 Å². The van der Waals surface area contributed by atoms with Gasteiger partial charge in [0.2, 0.25) is 0 Å². The summed E-state index contributed by atoms with van der Waals surface area (Å²) in [5.74, 6) is -0.298. The molecular weight excluding hydrogens is 463 g/mol. The summed E-state index contributed by atoms with van der Waals surface area (Å²) in [5.41, 5.74) is 2.32. The molecule has 3 aromatic rings. The molecule has 0 saturated heterocycles. The normalized spacial score (nSPS) is 25.6. The predicted molar refractivity (Wildman–Crippen MR) is 132 cm³/mol. The van der Waals surface area contributed by atoms with Crippen molar-refractivity contribution >= 4 is 5.78 Å². The minimum absolute atomic E-state index is 0.00298. The second kappa shape index (κ2) is 9.15. The Morgan fingerprint density at radius 1 is 1.08 bits per heavy atom. The van der Waals surface area contributed by atoms with Crippen molar-refractivity contribution in [3.8, 4) is 0 Å². The molecule has 0 aliphatic heterocycles. The molecule has 0 radical (unpaired) electrons. The van der Waals surface area contributed by atoms with E-state index in [1.54, 1.807) is 6.20 Å². The Balaban J connectivity index is 1.51. The number of fused-ring (bicyclic) bond motifs is 3. The van der Waals surface area contributed by atoms with Gasteiger partial charge in [-0.15, -0.1) is 0 Å². The van der Waals surface area contributed by atoms with Crippen molar-refractivity contribution in [3.63, 3.8) is 0 Å². The van der Waals surface area contributed by atoms with Gasteiger partial charge in [0, 0.05) is 29.3 Å². The van der Waals surface area contributed by atoms with E-state index in [4.69, 9.17) is 0 Å². The van der Waals surface area contributed by atoms with Gasteiger partial charge in [-0.1, -0.05) is 48.5 Å². The maximum Gasteiger partial charge on any atom is 0.417 e. The molecule has 1 aromatic heterocycles. The zero-order chi connectivity index (χ0) is 25.6. The molecule has 1 fully saturated rings. The lowest BCUT2D eigenvalue weighted by Crippen LogP contribution is -2.56. The highest BCUT2D eigenvalue weighted by Gasteiger charge is 2.61. The molecule has 2 aliphatic rings. The molecule has 1 N–H and O–H groups in total. The van der Waals surface area contributed by atoms with E-state index in [9.17, 15) is 23.1 Å². The van der Waals surface area contributed by atoms with E-state index in [1.807, 2.05) is 67.6 Å². The highest BCUT2D eigenvalue weighted by molar-refractivity contribution is 5.98. The van der Waals surface area contributed by atoms with E-state index in [1.165, 1.54) is 0 Å². The topological polar surface area (TPSA) is 50.2 Å². The van der Waals surface area contributed by atoms with E-state index >= 15 is 0 Å². The Labute approximate surface area is 209 Å². The van der Waals surface area contributed by atoms with Gasteiger partial charge < -0.3 is 5.11 Å². The first-order valence-corrected chi connectivity index (χ1v) is 12.5. The van der Waals surface area contributed by atoms with Crippen LogP contribution in [0.2, 0.25) is 0 Å². The number of ketones is 1. The Morgan fingerprint density at radius 2 is 1.86 bits per heavy atom. The van der Waals surface area contributed by atoms with Gasteiger partial charge in [0.25, 0.3) is 0 Å². The smallest absolute Gasteiger partial charge is 0.380 e. The second-order valence-electron chi connectivity index (χ2n) is 10.5. The van der Waals surface area contributed by atoms with Crippen molar-refractivity contribution in [1.82, 2.24) is 4.98 Å². The van der Waals surface area contributed by atoms with Crippen LogP contribution in [0.3, 0.4) is 0 Å². The van der Waals surface area contributed by atoms with Crippen LogP contribution in [0.15, 0.2) is 66.9 Å². The number of rotatable bonds is 5. The maximum absolute atomic E-state index is 13.8. The summed E-state index contributed by atoms with van der Waals surface area (Å²) in [6.45, 7) is 1.88. The first kappa shape index (κ1) is 24.7. The van der Waals surface area contributed by atoms with Crippen LogP contribution in [0, 0.1) is 12.8 Å². The lowest BCUT2D eigenvalue weighted by molar-refractivity contribution is -0.279. The van der Waals surface area contributed by atoms with Crippen LogP contribution in [0.1, 0.15) is 64.0 Å². The quantitative estimate of drug-likeness (QED) is 0.422. The van der Waals surface area contributed by atoms with Crippen LogP contribution in [-0.2, 0) is 24.7 Å². The van der Waals surface area contributed by atoms with Gasteiger partial charge in [0.1, 0.15) is 0 Å². The van der Waals surface area contributed by atoms with Crippen LogP contribution in [-0.4, -0.2) is 27.7 Å². The Morgan fingerprint density at radius 3 is 2.58 bits per heavy atom. The predicted octanol–water partition coefficient (Wildman–Crippen LogP) is 6.34. The van der Waals surface area contributed by atoms with E-state index in [0.717, 1.165) is 27.9 Å². The number of hydrogen-bond donors (Lipinski definition) is 1. The van der Waals surface area contributed by atoms with Crippen molar-refractivity contribution in [3.05, 3.63) is 100 Å². The average Bonchev–Trinajstić information content (AvgIpc) is 2.85. The molecule has 2 aromatic carbocycles. The standard InChI is InChI=1S/C30H30F3NO2/c1-20-22(8-5-15-34-20)17-27(35)24-10-12-26-23(16-24)9-11-25-19-29(36,30(31,32)33)14-13-28(25,26)18-21-6-3-2-4-7-21/h2-8,10,12,15-16,25,36H,9,11,13-14,17-19H2,1H3/t25-,28+,29-/m1/s1. The van der Waals surface area contributed by atoms with Gasteiger partial charge in [0.05, 0.1) is 0 Å². The SMILES string of the molecule is Cc1ncccc1CC(=O)c1ccc2c(c1)CC[C@@H]1C[C@@](O)(C(F)(F)F)CC[C@@]21Cc1ccccc1. The number of alkyl halides is 3. The summed E-state index contributed by atoms with van der Waals surface area (Å²) >= 11 is 0. The molecule has 6 heteroatoms. The van der Waals surface area contributed by atoms with E-state index < -0.39 is 17.2 Å². The monoisotopic (exact) mass is 493 g/mol. The molecule has 3 nitrogen and oxygen atoms in total. The molecule has 1 saturated carbocycles. The zero-order valence-corrected chi connectivity index (χ0v) is 20.3. The highest BCUT2D eigenvalue weighted by atomic mass is 19.4. The highest BCUT2D eigenvalue weighted by Crippen LogP contribution is 2.57. The average molecular weight is 494 g/mol. The lowest BCUT2D eigenvalue weighted by Gasteiger charge is -2.53. The van der Waals surface area contributed by atoms with Crippen molar-refractivity contribution in [2.24, 2.45) is 5.92 Å². The molecule has 0 bridgehead atoms. The molecule has 5 rings (SSSR count). The second-order valence-corrected chi connectivity index (χ2v) is 10.5. The molecule has 2 aliphatic carbocycles. The van der Waals surface area contributed by atoms with Crippen molar-refractivity contribution < 1.29 is 23.1 Å². The number of halogens is 3. The third-order valence-electron chi connectivity index (χ3n) is 8.43. The molecular formula is C30H30F3NO2. The molecule has 0 unspecified atom stereocenters. The largest absolute Gasteiger partial charge is 0.417 e. The van der Waals surface area contributed by atoms with Crippen LogP contribution in [0.25, 0.3) is 0 Å². The fourth-order valence-electron chi connectivity index (χ4n) is 6.39. The fourth-order valence-corrected chi connectivity index (χ4v) is 6.39. The molecule has 0 spiro atoms. The number of aromatic nitrogens is 1. The van der Waals surface area contributed by atoms with Gasteiger partial charge in [-0.3, -0.25) is 9.78 Å². The summed E-state index contributed by atoms with van der Waals surface area (Å²) in [6, 6.07) is 19.3. The molecule has 3 atom stereocenters. The van der Waals surface area contributed by atoms with E-state index in [2.05, 4.69) is 4.98 Å². The third kappa shape index (κ3) is 4.36. The number of nitrogens with zero attached hydrogens (tertiary/aromatic N) is 1. The minimum atomic E-state index is -4.65. The first-order chi connectivity index (χ1) is 17.1. The van der Waals surface area contributed by atoms with Gasteiger partial charge in [0.15, 0.2) is 11.4 Å².